The number of carbonyl (C=O) groups excluding carboxylic acids is 2. The van der Waals surface area contributed by atoms with Gasteiger partial charge in [0.1, 0.15) is 18.1 Å². The van der Waals surface area contributed by atoms with E-state index in [4.69, 9.17) is 4.74 Å². The molecule has 1 heterocycles. The third kappa shape index (κ3) is 2.28. The Kier molecular flexibility index (Phi) is 3.09. The van der Waals surface area contributed by atoms with Gasteiger partial charge in [-0.25, -0.2) is 0 Å². The van der Waals surface area contributed by atoms with Crippen LogP contribution in [0, 0.1) is 0 Å². The van der Waals surface area contributed by atoms with Crippen molar-refractivity contribution < 1.29 is 24.2 Å². The first-order valence-corrected chi connectivity index (χ1v) is 4.97. The van der Waals surface area contributed by atoms with Crippen LogP contribution in [0.15, 0.2) is 24.3 Å². The summed E-state index contributed by atoms with van der Waals surface area (Å²) in [5.41, 5.74) is 1.03. The van der Waals surface area contributed by atoms with Crippen molar-refractivity contribution >= 4 is 17.8 Å². The highest BCUT2D eigenvalue weighted by Crippen LogP contribution is 2.33. The van der Waals surface area contributed by atoms with Crippen molar-refractivity contribution in [2.45, 2.75) is 0 Å². The molecule has 0 atom stereocenters. The van der Waals surface area contributed by atoms with Crippen molar-refractivity contribution in [2.75, 3.05) is 13.2 Å². The number of fused-ring (bicyclic) bond motifs is 1. The second-order valence-corrected chi connectivity index (χ2v) is 3.44. The Labute approximate surface area is 97.3 Å². The lowest BCUT2D eigenvalue weighted by atomic mass is 9.99. The van der Waals surface area contributed by atoms with Gasteiger partial charge < -0.3 is 14.6 Å². The van der Waals surface area contributed by atoms with Crippen LogP contribution < -0.4 is 4.74 Å². The van der Waals surface area contributed by atoms with Gasteiger partial charge in [0.05, 0.1) is 0 Å². The molecule has 0 radical (unpaired) electrons. The maximum atomic E-state index is 11.7. The molecule has 17 heavy (non-hydrogen) atoms. The van der Waals surface area contributed by atoms with Crippen LogP contribution in [-0.4, -0.2) is 30.6 Å². The summed E-state index contributed by atoms with van der Waals surface area (Å²) in [4.78, 5) is 21.8. The molecule has 5 heteroatoms. The Balaban J connectivity index is 2.29. The van der Waals surface area contributed by atoms with Crippen LogP contribution in [0.2, 0.25) is 0 Å². The largest absolute Gasteiger partial charge is 0.508 e. The van der Waals surface area contributed by atoms with Crippen LogP contribution in [-0.2, 0) is 14.3 Å². The van der Waals surface area contributed by atoms with Crippen molar-refractivity contribution in [3.63, 3.8) is 0 Å². The summed E-state index contributed by atoms with van der Waals surface area (Å²) in [5.74, 6) is 0.218. The van der Waals surface area contributed by atoms with Crippen molar-refractivity contribution in [1.82, 2.24) is 0 Å². The second-order valence-electron chi connectivity index (χ2n) is 3.44. The number of aromatic hydroxyl groups is 1. The molecule has 0 saturated carbocycles. The van der Waals surface area contributed by atoms with E-state index >= 15 is 0 Å². The van der Waals surface area contributed by atoms with E-state index in [-0.39, 0.29) is 31.2 Å². The SMILES string of the molecule is O=COCC(=O)C1=CCOc2cc(O)ccc21. The van der Waals surface area contributed by atoms with Gasteiger partial charge >= 0.3 is 0 Å². The highest BCUT2D eigenvalue weighted by molar-refractivity contribution is 6.22. The van der Waals surface area contributed by atoms with E-state index in [1.807, 2.05) is 0 Å². The molecule has 0 saturated heterocycles. The van der Waals surface area contributed by atoms with Gasteiger partial charge in [-0.15, -0.1) is 0 Å². The molecule has 2 rings (SSSR count). The number of rotatable bonds is 4. The lowest BCUT2D eigenvalue weighted by Gasteiger charge is -2.17. The van der Waals surface area contributed by atoms with E-state index in [1.54, 1.807) is 12.1 Å². The molecule has 0 spiro atoms. The predicted molar refractivity (Wildman–Crippen MR) is 58.6 cm³/mol. The van der Waals surface area contributed by atoms with E-state index in [0.717, 1.165) is 0 Å². The van der Waals surface area contributed by atoms with Gasteiger partial charge in [0.25, 0.3) is 6.47 Å². The Morgan fingerprint density at radius 2 is 2.35 bits per heavy atom. The minimum Gasteiger partial charge on any atom is -0.508 e. The van der Waals surface area contributed by atoms with Gasteiger partial charge in [-0.05, 0) is 18.2 Å². The Morgan fingerprint density at radius 3 is 3.12 bits per heavy atom. The molecule has 88 valence electrons. The molecule has 1 N–H and O–H groups in total. The van der Waals surface area contributed by atoms with E-state index < -0.39 is 0 Å². The standard InChI is InChI=1S/C12H10O5/c13-7-16-6-11(15)9-3-4-17-12-5-8(14)1-2-10(9)12/h1-3,5,7,14H,4,6H2. The van der Waals surface area contributed by atoms with Crippen LogP contribution in [0.1, 0.15) is 5.56 Å². The molecule has 0 aliphatic carbocycles. The highest BCUT2D eigenvalue weighted by Gasteiger charge is 2.20. The fraction of sp³-hybridized carbons (Fsp3) is 0.167. The zero-order valence-electron chi connectivity index (χ0n) is 8.88. The number of benzene rings is 1. The average Bonchev–Trinajstić information content (AvgIpc) is 2.34. The average molecular weight is 234 g/mol. The fourth-order valence-corrected chi connectivity index (χ4v) is 1.63. The number of ether oxygens (including phenoxy) is 2. The number of carbonyl (C=O) groups is 2. The quantitative estimate of drug-likeness (QED) is 0.784. The molecule has 0 fully saturated rings. The molecule has 1 aliphatic rings. The maximum absolute atomic E-state index is 11.7. The topological polar surface area (TPSA) is 72.8 Å². The molecule has 1 aromatic carbocycles. The number of hydrogen-bond donors (Lipinski definition) is 1. The van der Waals surface area contributed by atoms with E-state index in [1.165, 1.54) is 12.1 Å². The third-order valence-electron chi connectivity index (χ3n) is 2.36. The van der Waals surface area contributed by atoms with Gasteiger partial charge in [0.15, 0.2) is 6.61 Å². The molecule has 1 aliphatic heterocycles. The van der Waals surface area contributed by atoms with Crippen molar-refractivity contribution in [2.24, 2.45) is 0 Å². The third-order valence-corrected chi connectivity index (χ3v) is 2.36. The minimum atomic E-state index is -0.299. The summed E-state index contributed by atoms with van der Waals surface area (Å²) in [7, 11) is 0. The summed E-state index contributed by atoms with van der Waals surface area (Å²) in [6, 6.07) is 4.50. The van der Waals surface area contributed by atoms with Crippen molar-refractivity contribution in [3.05, 3.63) is 29.8 Å². The van der Waals surface area contributed by atoms with Gasteiger partial charge in [-0.2, -0.15) is 0 Å². The lowest BCUT2D eigenvalue weighted by Crippen LogP contribution is -2.15. The summed E-state index contributed by atoms with van der Waals surface area (Å²) in [6.45, 7) is 0.184. The first kappa shape index (κ1) is 11.2. The first-order valence-electron chi connectivity index (χ1n) is 4.97. The minimum absolute atomic E-state index is 0.0709. The monoisotopic (exact) mass is 234 g/mol. The maximum Gasteiger partial charge on any atom is 0.293 e. The molecule has 0 amide bonds. The zero-order valence-corrected chi connectivity index (χ0v) is 8.88. The van der Waals surface area contributed by atoms with Gasteiger partial charge in [0.2, 0.25) is 5.78 Å². The van der Waals surface area contributed by atoms with Crippen LogP contribution in [0.4, 0.5) is 0 Å². The summed E-state index contributed by atoms with van der Waals surface area (Å²) >= 11 is 0. The summed E-state index contributed by atoms with van der Waals surface area (Å²) in [6.07, 6.45) is 1.62. The fourth-order valence-electron chi connectivity index (χ4n) is 1.63. The Bertz CT molecular complexity index is 490. The van der Waals surface area contributed by atoms with Crippen LogP contribution in [0.5, 0.6) is 11.5 Å². The van der Waals surface area contributed by atoms with Gasteiger partial charge in [-0.1, -0.05) is 0 Å². The van der Waals surface area contributed by atoms with E-state index in [2.05, 4.69) is 4.74 Å². The molecule has 0 aromatic heterocycles. The number of phenols is 1. The Morgan fingerprint density at radius 1 is 1.53 bits per heavy atom. The molecular formula is C12H10O5. The highest BCUT2D eigenvalue weighted by atomic mass is 16.5. The van der Waals surface area contributed by atoms with E-state index in [9.17, 15) is 14.7 Å². The van der Waals surface area contributed by atoms with Crippen molar-refractivity contribution in [1.29, 1.82) is 0 Å². The predicted octanol–water partition coefficient (Wildman–Crippen LogP) is 0.910. The number of phenolic OH excluding ortho intramolecular Hbond substituents is 1. The smallest absolute Gasteiger partial charge is 0.293 e. The molecular weight excluding hydrogens is 224 g/mol. The van der Waals surface area contributed by atoms with Crippen LogP contribution >= 0.6 is 0 Å². The normalized spacial score (nSPS) is 13.1. The zero-order chi connectivity index (χ0) is 12.3. The molecule has 5 nitrogen and oxygen atoms in total. The van der Waals surface area contributed by atoms with Gasteiger partial charge in [0, 0.05) is 17.2 Å². The van der Waals surface area contributed by atoms with Gasteiger partial charge in [-0.3, -0.25) is 9.59 Å². The second kappa shape index (κ2) is 4.69. The summed E-state index contributed by atoms with van der Waals surface area (Å²) < 4.78 is 9.72. The Hall–Kier alpha value is -2.30. The molecule has 0 bridgehead atoms. The van der Waals surface area contributed by atoms with Crippen LogP contribution in [0.3, 0.4) is 0 Å². The first-order chi connectivity index (χ1) is 8.22. The molecule has 0 unspecified atom stereocenters. The van der Waals surface area contributed by atoms with E-state index in [0.29, 0.717) is 16.9 Å². The number of hydrogen-bond acceptors (Lipinski definition) is 5. The van der Waals surface area contributed by atoms with Crippen LogP contribution in [0.25, 0.3) is 5.57 Å². The molecule has 1 aromatic rings. The number of Topliss-reactive ketones (excluding diaryl/α,β-unsaturated/α-hetero) is 1. The lowest BCUT2D eigenvalue weighted by molar-refractivity contribution is -0.134. The van der Waals surface area contributed by atoms with Crippen molar-refractivity contribution in [3.8, 4) is 11.5 Å². The summed E-state index contributed by atoms with van der Waals surface area (Å²) in [5, 5.41) is 9.30. The number of ketones is 1.